The maximum absolute atomic E-state index is 12.5. The lowest BCUT2D eigenvalue weighted by molar-refractivity contribution is -0.156. The quantitative estimate of drug-likeness (QED) is 0.624. The van der Waals surface area contributed by atoms with E-state index in [1.54, 1.807) is 7.11 Å². The Balaban J connectivity index is 2.51. The molecule has 1 aliphatic carbocycles. The van der Waals surface area contributed by atoms with Gasteiger partial charge >= 0.3 is 5.97 Å². The highest BCUT2D eigenvalue weighted by Crippen LogP contribution is 2.51. The van der Waals surface area contributed by atoms with Gasteiger partial charge in [0.1, 0.15) is 5.75 Å². The molecule has 0 radical (unpaired) electrons. The van der Waals surface area contributed by atoms with E-state index in [1.165, 1.54) is 0 Å². The van der Waals surface area contributed by atoms with Crippen LogP contribution >= 0.6 is 0 Å². The van der Waals surface area contributed by atoms with Gasteiger partial charge in [0, 0.05) is 5.41 Å². The maximum atomic E-state index is 12.5. The van der Waals surface area contributed by atoms with Gasteiger partial charge in [0.15, 0.2) is 0 Å². The summed E-state index contributed by atoms with van der Waals surface area (Å²) in [6.45, 7) is 8.37. The van der Waals surface area contributed by atoms with Crippen LogP contribution in [-0.2, 0) is 14.9 Å². The van der Waals surface area contributed by atoms with Crippen LogP contribution in [0.15, 0.2) is 30.4 Å². The molecular weight excluding hydrogens is 264 g/mol. The van der Waals surface area contributed by atoms with E-state index in [2.05, 4.69) is 25.1 Å². The van der Waals surface area contributed by atoms with Crippen LogP contribution in [0, 0.1) is 12.3 Å². The second-order valence-corrected chi connectivity index (χ2v) is 6.10. The van der Waals surface area contributed by atoms with Crippen molar-refractivity contribution in [3.05, 3.63) is 41.5 Å². The lowest BCUT2D eigenvalue weighted by atomic mass is 9.64. The van der Waals surface area contributed by atoms with Crippen molar-refractivity contribution in [2.45, 2.75) is 39.5 Å². The minimum Gasteiger partial charge on any atom is -0.497 e. The fourth-order valence-corrected chi connectivity index (χ4v) is 3.09. The highest BCUT2D eigenvalue weighted by Gasteiger charge is 2.53. The standard InChI is InChI=1S/C18H24O3/c1-6-21-16(19)18(4)9-7-8-17(18,3)14-10-13(2)11-15(12-14)20-5/h7-8,10-12H,6,9H2,1-5H3. The van der Waals surface area contributed by atoms with Crippen LogP contribution in [0.5, 0.6) is 5.75 Å². The summed E-state index contributed by atoms with van der Waals surface area (Å²) in [5.41, 5.74) is 1.24. The first-order valence-electron chi connectivity index (χ1n) is 7.38. The maximum Gasteiger partial charge on any atom is 0.313 e. The number of hydrogen-bond donors (Lipinski definition) is 0. The molecule has 3 heteroatoms. The van der Waals surface area contributed by atoms with E-state index in [0.29, 0.717) is 13.0 Å². The molecule has 0 fully saturated rings. The molecule has 1 aliphatic rings. The Morgan fingerprint density at radius 1 is 1.29 bits per heavy atom. The molecule has 0 saturated carbocycles. The van der Waals surface area contributed by atoms with E-state index in [0.717, 1.165) is 16.9 Å². The Hall–Kier alpha value is -1.77. The zero-order chi connectivity index (χ0) is 15.7. The summed E-state index contributed by atoms with van der Waals surface area (Å²) >= 11 is 0. The van der Waals surface area contributed by atoms with Gasteiger partial charge in [0.25, 0.3) is 0 Å². The molecule has 0 aromatic heterocycles. The molecule has 114 valence electrons. The van der Waals surface area contributed by atoms with E-state index in [1.807, 2.05) is 32.9 Å². The summed E-state index contributed by atoms with van der Waals surface area (Å²) in [5.74, 6) is 0.677. The zero-order valence-electron chi connectivity index (χ0n) is 13.5. The van der Waals surface area contributed by atoms with Gasteiger partial charge in [-0.05, 0) is 50.5 Å². The lowest BCUT2D eigenvalue weighted by Gasteiger charge is -2.39. The molecule has 0 saturated heterocycles. The van der Waals surface area contributed by atoms with Gasteiger partial charge < -0.3 is 9.47 Å². The van der Waals surface area contributed by atoms with E-state index in [4.69, 9.17) is 9.47 Å². The Morgan fingerprint density at radius 3 is 2.62 bits per heavy atom. The molecule has 0 aliphatic heterocycles. The second-order valence-electron chi connectivity index (χ2n) is 6.10. The van der Waals surface area contributed by atoms with Crippen molar-refractivity contribution in [2.24, 2.45) is 5.41 Å². The highest BCUT2D eigenvalue weighted by molar-refractivity contribution is 5.81. The fraction of sp³-hybridized carbons (Fsp3) is 0.500. The van der Waals surface area contributed by atoms with Crippen molar-refractivity contribution in [1.82, 2.24) is 0 Å². The highest BCUT2D eigenvalue weighted by atomic mass is 16.5. The molecule has 0 amide bonds. The Bertz CT molecular complexity index is 576. The van der Waals surface area contributed by atoms with Crippen LogP contribution in [-0.4, -0.2) is 19.7 Å². The number of aryl methyl sites for hydroxylation is 1. The van der Waals surface area contributed by atoms with Crippen LogP contribution in [0.1, 0.15) is 38.3 Å². The number of methoxy groups -OCH3 is 1. The first-order valence-corrected chi connectivity index (χ1v) is 7.38. The van der Waals surface area contributed by atoms with Crippen molar-refractivity contribution in [2.75, 3.05) is 13.7 Å². The summed E-state index contributed by atoms with van der Waals surface area (Å²) in [6.07, 6.45) is 4.89. The number of hydrogen-bond acceptors (Lipinski definition) is 3. The molecule has 0 N–H and O–H groups in total. The minimum atomic E-state index is -0.582. The minimum absolute atomic E-state index is 0.141. The second kappa shape index (κ2) is 5.55. The van der Waals surface area contributed by atoms with Crippen LogP contribution in [0.3, 0.4) is 0 Å². The molecule has 0 bridgehead atoms. The Morgan fingerprint density at radius 2 is 2.00 bits per heavy atom. The monoisotopic (exact) mass is 288 g/mol. The van der Waals surface area contributed by atoms with E-state index < -0.39 is 10.8 Å². The molecule has 3 nitrogen and oxygen atoms in total. The number of rotatable bonds is 4. The van der Waals surface area contributed by atoms with Crippen molar-refractivity contribution in [1.29, 1.82) is 0 Å². The first-order chi connectivity index (χ1) is 9.87. The number of allylic oxidation sites excluding steroid dienone is 2. The summed E-state index contributed by atoms with van der Waals surface area (Å²) in [7, 11) is 1.66. The predicted octanol–water partition coefficient (Wildman–Crippen LogP) is 3.79. The number of carbonyl (C=O) groups is 1. The molecule has 1 aromatic carbocycles. The SMILES string of the molecule is CCOC(=O)C1(C)CC=CC1(C)c1cc(C)cc(OC)c1. The molecule has 2 rings (SSSR count). The van der Waals surface area contributed by atoms with Gasteiger partial charge in [0.05, 0.1) is 19.1 Å². The number of ether oxygens (including phenoxy) is 2. The normalized spacial score (nSPS) is 27.7. The number of esters is 1. The third-order valence-electron chi connectivity index (χ3n) is 4.74. The predicted molar refractivity (Wildman–Crippen MR) is 83.6 cm³/mol. The molecule has 2 unspecified atom stereocenters. The van der Waals surface area contributed by atoms with Crippen molar-refractivity contribution in [3.8, 4) is 5.75 Å². The Labute approximate surface area is 127 Å². The van der Waals surface area contributed by atoms with Crippen LogP contribution < -0.4 is 4.74 Å². The summed E-state index contributed by atoms with van der Waals surface area (Å²) < 4.78 is 10.7. The van der Waals surface area contributed by atoms with Crippen LogP contribution in [0.2, 0.25) is 0 Å². The topological polar surface area (TPSA) is 35.5 Å². The third kappa shape index (κ3) is 2.45. The van der Waals surface area contributed by atoms with Gasteiger partial charge in [-0.2, -0.15) is 0 Å². The van der Waals surface area contributed by atoms with E-state index >= 15 is 0 Å². The largest absolute Gasteiger partial charge is 0.497 e. The average molecular weight is 288 g/mol. The molecule has 0 spiro atoms. The van der Waals surface area contributed by atoms with Gasteiger partial charge in [-0.15, -0.1) is 0 Å². The average Bonchev–Trinajstić information content (AvgIpc) is 2.77. The van der Waals surface area contributed by atoms with Crippen LogP contribution in [0.4, 0.5) is 0 Å². The lowest BCUT2D eigenvalue weighted by Crippen LogP contribution is -2.44. The number of carbonyl (C=O) groups excluding carboxylic acids is 1. The first kappa shape index (κ1) is 15.6. The van der Waals surface area contributed by atoms with Gasteiger partial charge in [-0.3, -0.25) is 4.79 Å². The molecule has 2 atom stereocenters. The van der Waals surface area contributed by atoms with Crippen molar-refractivity contribution in [3.63, 3.8) is 0 Å². The fourth-order valence-electron chi connectivity index (χ4n) is 3.09. The Kier molecular flexibility index (Phi) is 4.13. The molecule has 0 heterocycles. The van der Waals surface area contributed by atoms with Gasteiger partial charge in [-0.25, -0.2) is 0 Å². The molecule has 21 heavy (non-hydrogen) atoms. The third-order valence-corrected chi connectivity index (χ3v) is 4.74. The van der Waals surface area contributed by atoms with Crippen LogP contribution in [0.25, 0.3) is 0 Å². The van der Waals surface area contributed by atoms with E-state index in [-0.39, 0.29) is 5.97 Å². The number of benzene rings is 1. The zero-order valence-corrected chi connectivity index (χ0v) is 13.5. The van der Waals surface area contributed by atoms with Crippen molar-refractivity contribution >= 4 is 5.97 Å². The molecule has 1 aromatic rings. The molecular formula is C18H24O3. The smallest absolute Gasteiger partial charge is 0.313 e. The summed E-state index contributed by atoms with van der Waals surface area (Å²) in [4.78, 5) is 12.5. The summed E-state index contributed by atoms with van der Waals surface area (Å²) in [5, 5.41) is 0. The van der Waals surface area contributed by atoms with E-state index in [9.17, 15) is 4.79 Å². The van der Waals surface area contributed by atoms with Gasteiger partial charge in [-0.1, -0.05) is 25.1 Å². The van der Waals surface area contributed by atoms with Gasteiger partial charge in [0.2, 0.25) is 0 Å². The summed E-state index contributed by atoms with van der Waals surface area (Å²) in [6, 6.07) is 6.13. The van der Waals surface area contributed by atoms with Crippen molar-refractivity contribution < 1.29 is 14.3 Å².